The highest BCUT2D eigenvalue weighted by atomic mass is 35.5. The van der Waals surface area contributed by atoms with Crippen LogP contribution in [0.2, 0.25) is 5.02 Å². The SMILES string of the molecule is CC(C)(C)OC(=O)NCC(CCc1ccc(Cl)cc1)N[C@H](CC(=O)O)Cc1c[nH]c2ccccc12. The molecule has 2 atom stereocenters. The van der Waals surface area contributed by atoms with Gasteiger partial charge >= 0.3 is 12.1 Å². The summed E-state index contributed by atoms with van der Waals surface area (Å²) in [4.78, 5) is 27.2. The smallest absolute Gasteiger partial charge is 0.407 e. The van der Waals surface area contributed by atoms with Crippen LogP contribution in [0.4, 0.5) is 4.79 Å². The Morgan fingerprint density at radius 1 is 1.09 bits per heavy atom. The highest BCUT2D eigenvalue weighted by molar-refractivity contribution is 6.30. The lowest BCUT2D eigenvalue weighted by molar-refractivity contribution is -0.137. The molecule has 7 nitrogen and oxygen atoms in total. The van der Waals surface area contributed by atoms with E-state index in [0.29, 0.717) is 24.4 Å². The first-order valence-corrected chi connectivity index (χ1v) is 12.2. The number of fused-ring (bicyclic) bond motifs is 1. The van der Waals surface area contributed by atoms with Crippen molar-refractivity contribution < 1.29 is 19.4 Å². The summed E-state index contributed by atoms with van der Waals surface area (Å²) in [5, 5.41) is 17.7. The van der Waals surface area contributed by atoms with Crippen LogP contribution in [-0.2, 0) is 22.4 Å². The first kappa shape index (κ1) is 26.6. The summed E-state index contributed by atoms with van der Waals surface area (Å²) >= 11 is 6.01. The zero-order valence-corrected chi connectivity index (χ0v) is 21.2. The number of carbonyl (C=O) groups is 2. The van der Waals surface area contributed by atoms with Crippen molar-refractivity contribution in [1.82, 2.24) is 15.6 Å². The number of aromatic nitrogens is 1. The van der Waals surface area contributed by atoms with Gasteiger partial charge in [-0.3, -0.25) is 4.79 Å². The normalized spacial score (nSPS) is 13.4. The fourth-order valence-electron chi connectivity index (χ4n) is 4.06. The van der Waals surface area contributed by atoms with Gasteiger partial charge in [0, 0.05) is 40.8 Å². The molecule has 1 unspecified atom stereocenters. The van der Waals surface area contributed by atoms with Crippen LogP contribution in [0.15, 0.2) is 54.7 Å². The number of H-pyrrole nitrogens is 1. The van der Waals surface area contributed by atoms with Crippen LogP contribution in [0.5, 0.6) is 0 Å². The van der Waals surface area contributed by atoms with E-state index in [4.69, 9.17) is 16.3 Å². The number of alkyl carbamates (subject to hydrolysis) is 1. The van der Waals surface area contributed by atoms with Crippen LogP contribution in [0, 0.1) is 0 Å². The maximum absolute atomic E-state index is 12.3. The Morgan fingerprint density at radius 3 is 2.49 bits per heavy atom. The monoisotopic (exact) mass is 499 g/mol. The predicted molar refractivity (Wildman–Crippen MR) is 139 cm³/mol. The lowest BCUT2D eigenvalue weighted by Crippen LogP contribution is -2.48. The summed E-state index contributed by atoms with van der Waals surface area (Å²) in [6.07, 6.45) is 3.38. The van der Waals surface area contributed by atoms with Gasteiger partial charge in [0.15, 0.2) is 0 Å². The van der Waals surface area contributed by atoms with E-state index in [9.17, 15) is 14.7 Å². The molecule has 0 aliphatic heterocycles. The summed E-state index contributed by atoms with van der Waals surface area (Å²) in [5.41, 5.74) is 2.58. The topological polar surface area (TPSA) is 103 Å². The van der Waals surface area contributed by atoms with Gasteiger partial charge in [0.05, 0.1) is 6.42 Å². The number of hydrogen-bond acceptors (Lipinski definition) is 4. The molecular formula is C27H34ClN3O4. The van der Waals surface area contributed by atoms with Gasteiger partial charge in [0.25, 0.3) is 0 Å². The minimum Gasteiger partial charge on any atom is -0.481 e. The van der Waals surface area contributed by atoms with Gasteiger partial charge in [0.1, 0.15) is 5.60 Å². The molecule has 0 radical (unpaired) electrons. The number of aryl methyl sites for hydroxylation is 1. The second kappa shape index (κ2) is 12.1. The molecule has 0 spiro atoms. The third-order valence-corrected chi connectivity index (χ3v) is 5.87. The van der Waals surface area contributed by atoms with Gasteiger partial charge in [-0.1, -0.05) is 41.9 Å². The zero-order valence-electron chi connectivity index (χ0n) is 20.4. The number of aromatic amines is 1. The molecule has 8 heteroatoms. The number of para-hydroxylation sites is 1. The Bertz CT molecular complexity index is 1120. The molecule has 0 aliphatic carbocycles. The van der Waals surface area contributed by atoms with E-state index in [-0.39, 0.29) is 18.5 Å². The van der Waals surface area contributed by atoms with Gasteiger partial charge in [0.2, 0.25) is 0 Å². The number of amides is 1. The van der Waals surface area contributed by atoms with Crippen LogP contribution in [0.25, 0.3) is 10.9 Å². The van der Waals surface area contributed by atoms with Crippen LogP contribution in [-0.4, -0.2) is 46.4 Å². The van der Waals surface area contributed by atoms with Crippen molar-refractivity contribution in [1.29, 1.82) is 0 Å². The number of aliphatic carboxylic acids is 1. The third kappa shape index (κ3) is 8.92. The Kier molecular flexibility index (Phi) is 9.18. The molecule has 1 heterocycles. The fourth-order valence-corrected chi connectivity index (χ4v) is 4.18. The molecule has 4 N–H and O–H groups in total. The van der Waals surface area contributed by atoms with Crippen molar-refractivity contribution in [3.05, 3.63) is 70.9 Å². The summed E-state index contributed by atoms with van der Waals surface area (Å²) in [5.74, 6) is -0.876. The minimum atomic E-state index is -0.876. The predicted octanol–water partition coefficient (Wildman–Crippen LogP) is 5.32. The van der Waals surface area contributed by atoms with E-state index in [1.54, 1.807) is 0 Å². The van der Waals surface area contributed by atoms with Crippen molar-refractivity contribution in [2.75, 3.05) is 6.54 Å². The number of nitrogens with one attached hydrogen (secondary N) is 3. The molecule has 0 bridgehead atoms. The molecule has 2 aromatic carbocycles. The number of carboxylic acid groups (broad SMARTS) is 1. The molecule has 35 heavy (non-hydrogen) atoms. The second-order valence-electron chi connectivity index (χ2n) is 9.77. The highest BCUT2D eigenvalue weighted by Crippen LogP contribution is 2.20. The van der Waals surface area contributed by atoms with Gasteiger partial charge < -0.3 is 25.5 Å². The van der Waals surface area contributed by atoms with E-state index < -0.39 is 17.7 Å². The van der Waals surface area contributed by atoms with E-state index in [2.05, 4.69) is 15.6 Å². The number of carboxylic acids is 1. The molecular weight excluding hydrogens is 466 g/mol. The quantitative estimate of drug-likeness (QED) is 0.286. The second-order valence-corrected chi connectivity index (χ2v) is 10.2. The average Bonchev–Trinajstić information content (AvgIpc) is 3.18. The molecule has 1 aromatic heterocycles. The van der Waals surface area contributed by atoms with Crippen molar-refractivity contribution in [2.45, 2.75) is 64.1 Å². The number of halogens is 1. The molecule has 0 saturated heterocycles. The number of carbonyl (C=O) groups excluding carboxylic acids is 1. The fraction of sp³-hybridized carbons (Fsp3) is 0.407. The van der Waals surface area contributed by atoms with Crippen molar-refractivity contribution in [3.63, 3.8) is 0 Å². The van der Waals surface area contributed by atoms with Crippen LogP contribution >= 0.6 is 11.6 Å². The molecule has 0 saturated carbocycles. The standard InChI is InChI=1S/C27H34ClN3O4/c1-27(2,3)35-26(34)30-17-21(13-10-18-8-11-20(28)12-9-18)31-22(15-25(32)33)14-19-16-29-24-7-5-4-6-23(19)24/h4-9,11-12,16,21-22,29,31H,10,13-15,17H2,1-3H3,(H,30,34)(H,32,33)/t21?,22-/m0/s1. The van der Waals surface area contributed by atoms with E-state index in [1.807, 2.05) is 75.5 Å². The first-order valence-electron chi connectivity index (χ1n) is 11.8. The van der Waals surface area contributed by atoms with Crippen LogP contribution < -0.4 is 10.6 Å². The van der Waals surface area contributed by atoms with Gasteiger partial charge in [-0.25, -0.2) is 4.79 Å². The Morgan fingerprint density at radius 2 is 1.80 bits per heavy atom. The van der Waals surface area contributed by atoms with Gasteiger partial charge in [-0.15, -0.1) is 0 Å². The number of rotatable bonds is 11. The highest BCUT2D eigenvalue weighted by Gasteiger charge is 2.22. The Labute approximate surface area is 211 Å². The summed E-state index contributed by atoms with van der Waals surface area (Å²) in [7, 11) is 0. The summed E-state index contributed by atoms with van der Waals surface area (Å²) < 4.78 is 5.38. The third-order valence-electron chi connectivity index (χ3n) is 5.62. The first-order chi connectivity index (χ1) is 16.6. The number of ether oxygens (including phenoxy) is 1. The lowest BCUT2D eigenvalue weighted by Gasteiger charge is -2.26. The Hall–Kier alpha value is -3.03. The van der Waals surface area contributed by atoms with E-state index >= 15 is 0 Å². The van der Waals surface area contributed by atoms with Crippen molar-refractivity contribution in [3.8, 4) is 0 Å². The van der Waals surface area contributed by atoms with Crippen molar-refractivity contribution >= 4 is 34.6 Å². The molecule has 3 aromatic rings. The maximum atomic E-state index is 12.3. The zero-order chi connectivity index (χ0) is 25.4. The van der Waals surface area contributed by atoms with Gasteiger partial charge in [-0.2, -0.15) is 0 Å². The molecule has 3 rings (SSSR count). The van der Waals surface area contributed by atoms with E-state index in [0.717, 1.165) is 28.5 Å². The van der Waals surface area contributed by atoms with E-state index in [1.165, 1.54) is 0 Å². The maximum Gasteiger partial charge on any atom is 0.407 e. The number of hydrogen-bond donors (Lipinski definition) is 4. The largest absolute Gasteiger partial charge is 0.481 e. The molecule has 0 fully saturated rings. The van der Waals surface area contributed by atoms with Crippen LogP contribution in [0.3, 0.4) is 0 Å². The number of benzene rings is 2. The summed E-state index contributed by atoms with van der Waals surface area (Å²) in [6.45, 7) is 5.75. The average molecular weight is 500 g/mol. The molecule has 1 amide bonds. The lowest BCUT2D eigenvalue weighted by atomic mass is 9.99. The molecule has 188 valence electrons. The molecule has 0 aliphatic rings. The van der Waals surface area contributed by atoms with Gasteiger partial charge in [-0.05, 0) is 69.4 Å². The Balaban J connectivity index is 1.72. The van der Waals surface area contributed by atoms with Crippen molar-refractivity contribution in [2.24, 2.45) is 0 Å². The minimum absolute atomic E-state index is 0.0383. The van der Waals surface area contributed by atoms with Crippen LogP contribution in [0.1, 0.15) is 44.7 Å². The summed E-state index contributed by atoms with van der Waals surface area (Å²) in [6, 6.07) is 15.1.